The Balaban J connectivity index is 1.07. The van der Waals surface area contributed by atoms with Gasteiger partial charge in [-0.15, -0.1) is 0 Å². The first-order valence-corrected chi connectivity index (χ1v) is 16.9. The highest BCUT2D eigenvalue weighted by atomic mass is 32.2. The molecule has 2 atom stereocenters. The largest absolute Gasteiger partial charge is 0.467 e. The van der Waals surface area contributed by atoms with Crippen LogP contribution in [-0.2, 0) is 30.4 Å². The van der Waals surface area contributed by atoms with E-state index in [2.05, 4.69) is 45.2 Å². The van der Waals surface area contributed by atoms with Crippen molar-refractivity contribution in [3.05, 3.63) is 108 Å². The van der Waals surface area contributed by atoms with Gasteiger partial charge in [0.2, 0.25) is 5.91 Å². The highest BCUT2D eigenvalue weighted by molar-refractivity contribution is 7.99. The minimum absolute atomic E-state index is 0.0366. The lowest BCUT2D eigenvalue weighted by Crippen LogP contribution is -2.36. The number of nitrogens with one attached hydrogen (secondary N) is 3. The lowest BCUT2D eigenvalue weighted by atomic mass is 9.98. The predicted molar refractivity (Wildman–Crippen MR) is 184 cm³/mol. The lowest BCUT2D eigenvalue weighted by molar-refractivity contribution is -0.144. The van der Waals surface area contributed by atoms with E-state index in [-0.39, 0.29) is 43.9 Å². The molecular weight excluding hydrogens is 646 g/mol. The molecule has 1 aromatic heterocycles. The van der Waals surface area contributed by atoms with Crippen LogP contribution in [-0.4, -0.2) is 66.2 Å². The molecule has 5 rings (SSSR count). The number of carbonyl (C=O) groups excluding carboxylic acids is 4. The highest BCUT2D eigenvalue weighted by Gasteiger charge is 2.29. The molecule has 0 fully saturated rings. The predicted octanol–water partition coefficient (Wildman–Crippen LogP) is 5.35. The van der Waals surface area contributed by atoms with Crippen molar-refractivity contribution in [1.29, 1.82) is 0 Å². The van der Waals surface area contributed by atoms with Crippen LogP contribution in [0.2, 0.25) is 0 Å². The molecule has 256 valence electrons. The standard InChI is InChI=1S/C36H39N5O7S/c1-23(39-36(45)47-20-25-11-5-4-6-12-25)33-40-32(19-41(33)24(2)34(43)46-3)49-22-31(42)37-17-18-38-35(44)48-21-30-28-15-9-7-13-26(28)27-14-8-10-16-29(27)30/h4-16,19,23-24,30H,17-18,20-22H2,1-3H3,(H,37,42)(H,38,44)(H,39,45)/t23-,24-/m0/s1. The van der Waals surface area contributed by atoms with Gasteiger partial charge in [0.25, 0.3) is 0 Å². The van der Waals surface area contributed by atoms with Crippen LogP contribution in [0.4, 0.5) is 9.59 Å². The van der Waals surface area contributed by atoms with Gasteiger partial charge >= 0.3 is 18.2 Å². The van der Waals surface area contributed by atoms with Crippen molar-refractivity contribution < 1.29 is 33.4 Å². The molecule has 1 aliphatic rings. The zero-order valence-electron chi connectivity index (χ0n) is 27.5. The Morgan fingerprint density at radius 2 is 1.47 bits per heavy atom. The number of aromatic nitrogens is 2. The van der Waals surface area contributed by atoms with Crippen molar-refractivity contribution in [3.8, 4) is 11.1 Å². The first kappa shape index (κ1) is 35.0. The molecule has 1 aliphatic carbocycles. The number of imidazole rings is 1. The van der Waals surface area contributed by atoms with E-state index in [9.17, 15) is 19.2 Å². The second kappa shape index (κ2) is 16.7. The minimum atomic E-state index is -0.732. The first-order chi connectivity index (χ1) is 23.7. The number of alkyl carbamates (subject to hydrolysis) is 2. The van der Waals surface area contributed by atoms with Gasteiger partial charge in [0.15, 0.2) is 0 Å². The Hall–Kier alpha value is -5.30. The van der Waals surface area contributed by atoms with Crippen LogP contribution >= 0.6 is 11.8 Å². The third-order valence-electron chi connectivity index (χ3n) is 8.04. The van der Waals surface area contributed by atoms with E-state index in [4.69, 9.17) is 14.2 Å². The van der Waals surface area contributed by atoms with Crippen LogP contribution in [0.3, 0.4) is 0 Å². The molecule has 1 heterocycles. The summed E-state index contributed by atoms with van der Waals surface area (Å²) < 4.78 is 17.4. The lowest BCUT2D eigenvalue weighted by Gasteiger charge is -2.18. The number of nitrogens with zero attached hydrogens (tertiary/aromatic N) is 2. The molecule has 0 saturated carbocycles. The fourth-order valence-electron chi connectivity index (χ4n) is 5.58. The minimum Gasteiger partial charge on any atom is -0.467 e. The summed E-state index contributed by atoms with van der Waals surface area (Å²) in [6, 6.07) is 24.2. The smallest absolute Gasteiger partial charge is 0.408 e. The molecule has 49 heavy (non-hydrogen) atoms. The van der Waals surface area contributed by atoms with Crippen molar-refractivity contribution >= 4 is 35.8 Å². The quantitative estimate of drug-likeness (QED) is 0.0691. The molecular formula is C36H39N5O7S. The molecule has 0 aliphatic heterocycles. The molecule has 3 N–H and O–H groups in total. The highest BCUT2D eigenvalue weighted by Crippen LogP contribution is 2.44. The molecule has 13 heteroatoms. The molecule has 0 spiro atoms. The molecule has 3 aromatic carbocycles. The molecule has 0 unspecified atom stereocenters. The van der Waals surface area contributed by atoms with E-state index >= 15 is 0 Å². The van der Waals surface area contributed by atoms with Crippen molar-refractivity contribution in [3.63, 3.8) is 0 Å². The summed E-state index contributed by atoms with van der Waals surface area (Å²) in [6.07, 6.45) is 0.438. The molecule has 3 amide bonds. The molecule has 4 aromatic rings. The maximum Gasteiger partial charge on any atom is 0.408 e. The number of ether oxygens (including phenoxy) is 3. The van der Waals surface area contributed by atoms with E-state index in [1.807, 2.05) is 54.6 Å². The second-order valence-electron chi connectivity index (χ2n) is 11.4. The van der Waals surface area contributed by atoms with Crippen molar-refractivity contribution in [1.82, 2.24) is 25.5 Å². The molecule has 0 bridgehead atoms. The van der Waals surface area contributed by atoms with Gasteiger partial charge in [0.1, 0.15) is 30.1 Å². The Morgan fingerprint density at radius 1 is 0.837 bits per heavy atom. The number of benzene rings is 3. The van der Waals surface area contributed by atoms with Crippen LogP contribution in [0.25, 0.3) is 11.1 Å². The van der Waals surface area contributed by atoms with E-state index in [0.29, 0.717) is 10.9 Å². The average Bonchev–Trinajstić information content (AvgIpc) is 3.70. The number of carbonyl (C=O) groups is 4. The van der Waals surface area contributed by atoms with Gasteiger partial charge in [0, 0.05) is 25.2 Å². The zero-order chi connectivity index (χ0) is 34.8. The van der Waals surface area contributed by atoms with Crippen molar-refractivity contribution in [2.24, 2.45) is 0 Å². The van der Waals surface area contributed by atoms with Gasteiger partial charge in [0.05, 0.1) is 18.9 Å². The van der Waals surface area contributed by atoms with E-state index in [1.54, 1.807) is 24.6 Å². The SMILES string of the molecule is COC(=O)[C@H](C)n1cc(SCC(=O)NCCNC(=O)OCC2c3ccccc3-c3ccccc32)nc1[C@H](C)NC(=O)OCc1ccccc1. The van der Waals surface area contributed by atoms with Crippen LogP contribution in [0.1, 0.15) is 54.4 Å². The topological polar surface area (TPSA) is 150 Å². The normalized spacial score (nSPS) is 13.0. The summed E-state index contributed by atoms with van der Waals surface area (Å²) in [5.41, 5.74) is 5.41. The van der Waals surface area contributed by atoms with Crippen LogP contribution in [0.5, 0.6) is 0 Å². The van der Waals surface area contributed by atoms with Crippen LogP contribution < -0.4 is 16.0 Å². The van der Waals surface area contributed by atoms with Crippen LogP contribution in [0, 0.1) is 0 Å². The summed E-state index contributed by atoms with van der Waals surface area (Å²) >= 11 is 1.17. The number of fused-ring (bicyclic) bond motifs is 3. The maximum absolute atomic E-state index is 12.6. The monoisotopic (exact) mass is 685 g/mol. The summed E-state index contributed by atoms with van der Waals surface area (Å²) in [5.74, 6) is -0.371. The number of amides is 3. The summed E-state index contributed by atoms with van der Waals surface area (Å²) in [4.78, 5) is 54.4. The third-order valence-corrected chi connectivity index (χ3v) is 8.94. The number of methoxy groups -OCH3 is 1. The van der Waals surface area contributed by atoms with Gasteiger partial charge in [-0.1, -0.05) is 90.6 Å². The summed E-state index contributed by atoms with van der Waals surface area (Å²) in [6.45, 7) is 4.07. The zero-order valence-corrected chi connectivity index (χ0v) is 28.3. The molecule has 12 nitrogen and oxygen atoms in total. The third kappa shape index (κ3) is 8.99. The van der Waals surface area contributed by atoms with Crippen molar-refractivity contribution in [2.45, 2.75) is 43.5 Å². The molecule has 0 saturated heterocycles. The fourth-order valence-corrected chi connectivity index (χ4v) is 6.31. The van der Waals surface area contributed by atoms with Gasteiger partial charge in [-0.25, -0.2) is 19.4 Å². The molecule has 0 radical (unpaired) electrons. The maximum atomic E-state index is 12.6. The summed E-state index contributed by atoms with van der Waals surface area (Å²) in [7, 11) is 1.29. The van der Waals surface area contributed by atoms with Crippen LogP contribution in [0.15, 0.2) is 90.1 Å². The Labute approximate surface area is 288 Å². The number of hydrogen-bond acceptors (Lipinski definition) is 9. The van der Waals surface area contributed by atoms with Gasteiger partial charge < -0.3 is 34.7 Å². The van der Waals surface area contributed by atoms with Gasteiger partial charge in [-0.05, 0) is 41.7 Å². The Bertz CT molecular complexity index is 1730. The number of esters is 1. The van der Waals surface area contributed by atoms with Gasteiger partial charge in [-0.3, -0.25) is 4.79 Å². The number of rotatable bonds is 14. The number of thioether (sulfide) groups is 1. The fraction of sp³-hybridized carbons (Fsp3) is 0.306. The second-order valence-corrected chi connectivity index (χ2v) is 12.4. The van der Waals surface area contributed by atoms with E-state index in [1.165, 1.54) is 18.9 Å². The van der Waals surface area contributed by atoms with E-state index in [0.717, 1.165) is 27.8 Å². The first-order valence-electron chi connectivity index (χ1n) is 15.9. The Kier molecular flexibility index (Phi) is 11.9. The summed E-state index contributed by atoms with van der Waals surface area (Å²) in [5, 5.41) is 8.67. The number of hydrogen-bond donors (Lipinski definition) is 3. The Morgan fingerprint density at radius 3 is 2.14 bits per heavy atom. The van der Waals surface area contributed by atoms with Gasteiger partial charge in [-0.2, -0.15) is 0 Å². The average molecular weight is 686 g/mol. The van der Waals surface area contributed by atoms with Crippen molar-refractivity contribution in [2.75, 3.05) is 32.6 Å². The van der Waals surface area contributed by atoms with E-state index < -0.39 is 30.2 Å².